The second-order valence-corrected chi connectivity index (χ2v) is 7.71. The van der Waals surface area contributed by atoms with E-state index in [0.717, 1.165) is 21.0 Å². The van der Waals surface area contributed by atoms with E-state index in [-0.39, 0.29) is 6.54 Å². The van der Waals surface area contributed by atoms with E-state index in [4.69, 9.17) is 14.2 Å². The molecular formula is C23H20N2O5S. The zero-order chi connectivity index (χ0) is 22.0. The normalized spacial score (nSPS) is 11.6. The van der Waals surface area contributed by atoms with Crippen LogP contribution in [0, 0.1) is 0 Å². The lowest BCUT2D eigenvalue weighted by Gasteiger charge is -2.08. The van der Waals surface area contributed by atoms with Crippen molar-refractivity contribution in [2.45, 2.75) is 6.54 Å². The Hall–Kier alpha value is -3.65. The maximum absolute atomic E-state index is 13.2. The highest BCUT2D eigenvalue weighted by Gasteiger charge is 2.16. The standard InChI is InChI=1S/C23H20N2O5S/c1-28-16-8-9-18-20(12-16)31-23(25(18)13-21(26)30-3)24-22(27)17-10-14-6-4-5-7-15(14)11-19(17)29-2/h4-12H,13H2,1-3H3. The third-order valence-electron chi connectivity index (χ3n) is 4.90. The van der Waals surface area contributed by atoms with Gasteiger partial charge in [-0.25, -0.2) is 0 Å². The Kier molecular flexibility index (Phi) is 5.73. The van der Waals surface area contributed by atoms with Gasteiger partial charge in [0.1, 0.15) is 18.0 Å². The Bertz CT molecular complexity index is 1370. The molecule has 3 aromatic carbocycles. The molecule has 4 rings (SSSR count). The Balaban J connectivity index is 1.88. The topological polar surface area (TPSA) is 79.1 Å². The molecule has 0 N–H and O–H groups in total. The highest BCUT2D eigenvalue weighted by Crippen LogP contribution is 2.27. The van der Waals surface area contributed by atoms with E-state index in [1.54, 1.807) is 23.8 Å². The number of rotatable bonds is 5. The van der Waals surface area contributed by atoms with Crippen LogP contribution in [0.25, 0.3) is 21.0 Å². The van der Waals surface area contributed by atoms with Crippen molar-refractivity contribution in [3.63, 3.8) is 0 Å². The predicted molar refractivity (Wildman–Crippen MR) is 119 cm³/mol. The van der Waals surface area contributed by atoms with Gasteiger partial charge in [0.05, 0.1) is 37.1 Å². The number of methoxy groups -OCH3 is 3. The summed E-state index contributed by atoms with van der Waals surface area (Å²) in [6.07, 6.45) is 0. The molecule has 4 aromatic rings. The van der Waals surface area contributed by atoms with E-state index in [1.807, 2.05) is 42.5 Å². The zero-order valence-corrected chi connectivity index (χ0v) is 18.1. The van der Waals surface area contributed by atoms with Gasteiger partial charge in [-0.3, -0.25) is 9.59 Å². The van der Waals surface area contributed by atoms with E-state index in [1.165, 1.54) is 25.6 Å². The average Bonchev–Trinajstić information content (AvgIpc) is 3.13. The molecule has 0 aliphatic heterocycles. The number of hydrogen-bond donors (Lipinski definition) is 0. The molecule has 0 unspecified atom stereocenters. The first-order chi connectivity index (χ1) is 15.0. The van der Waals surface area contributed by atoms with Gasteiger partial charge >= 0.3 is 5.97 Å². The lowest BCUT2D eigenvalue weighted by molar-refractivity contribution is -0.141. The molecule has 1 heterocycles. The quantitative estimate of drug-likeness (QED) is 0.445. The third kappa shape index (κ3) is 4.02. The fraction of sp³-hybridized carbons (Fsp3) is 0.174. The molecule has 1 aromatic heterocycles. The third-order valence-corrected chi connectivity index (χ3v) is 5.94. The van der Waals surface area contributed by atoms with Gasteiger partial charge < -0.3 is 18.8 Å². The fourth-order valence-corrected chi connectivity index (χ4v) is 4.37. The number of thiazole rings is 1. The minimum absolute atomic E-state index is 0.0657. The summed E-state index contributed by atoms with van der Waals surface area (Å²) in [5, 5.41) is 1.87. The lowest BCUT2D eigenvalue weighted by Crippen LogP contribution is -2.22. The molecule has 1 amide bonds. The van der Waals surface area contributed by atoms with Crippen molar-refractivity contribution in [2.24, 2.45) is 4.99 Å². The number of carbonyl (C=O) groups excluding carboxylic acids is 2. The minimum atomic E-state index is -0.459. The Labute approximate surface area is 182 Å². The summed E-state index contributed by atoms with van der Waals surface area (Å²) in [7, 11) is 4.42. The van der Waals surface area contributed by atoms with Crippen molar-refractivity contribution in [2.75, 3.05) is 21.3 Å². The summed E-state index contributed by atoms with van der Waals surface area (Å²) < 4.78 is 18.0. The van der Waals surface area contributed by atoms with Crippen LogP contribution in [0.15, 0.2) is 59.6 Å². The van der Waals surface area contributed by atoms with E-state index >= 15 is 0 Å². The summed E-state index contributed by atoms with van der Waals surface area (Å²) in [6, 6.07) is 16.8. The summed E-state index contributed by atoms with van der Waals surface area (Å²) in [5.41, 5.74) is 1.11. The molecule has 0 atom stereocenters. The van der Waals surface area contributed by atoms with E-state index in [9.17, 15) is 9.59 Å². The van der Waals surface area contributed by atoms with E-state index in [2.05, 4.69) is 4.99 Å². The molecule has 0 saturated carbocycles. The van der Waals surface area contributed by atoms with Crippen molar-refractivity contribution in [3.8, 4) is 11.5 Å². The highest BCUT2D eigenvalue weighted by atomic mass is 32.1. The number of fused-ring (bicyclic) bond motifs is 2. The number of aromatic nitrogens is 1. The number of ether oxygens (including phenoxy) is 3. The maximum atomic E-state index is 13.2. The second-order valence-electron chi connectivity index (χ2n) is 6.70. The van der Waals surface area contributed by atoms with Gasteiger partial charge in [-0.05, 0) is 41.1 Å². The SMILES string of the molecule is COC(=O)Cn1c(=NC(=O)c2cc3ccccc3cc2OC)sc2cc(OC)ccc21. The van der Waals surface area contributed by atoms with Gasteiger partial charge in [-0.2, -0.15) is 4.99 Å². The maximum Gasteiger partial charge on any atom is 0.325 e. The average molecular weight is 436 g/mol. The van der Waals surface area contributed by atoms with Gasteiger partial charge in [-0.1, -0.05) is 35.6 Å². The van der Waals surface area contributed by atoms with E-state index in [0.29, 0.717) is 21.9 Å². The first kappa shape index (κ1) is 20.6. The molecule has 0 spiro atoms. The summed E-state index contributed by atoms with van der Waals surface area (Å²) in [4.78, 5) is 29.9. The summed E-state index contributed by atoms with van der Waals surface area (Å²) in [6.45, 7) is -0.0657. The molecule has 0 aliphatic carbocycles. The molecule has 8 heteroatoms. The molecule has 0 saturated heterocycles. The second kappa shape index (κ2) is 8.61. The first-order valence-corrected chi connectivity index (χ1v) is 10.3. The van der Waals surface area contributed by atoms with Crippen LogP contribution in [-0.2, 0) is 16.1 Å². The number of benzene rings is 3. The van der Waals surface area contributed by atoms with Crippen molar-refractivity contribution >= 4 is 44.2 Å². The number of hydrogen-bond acceptors (Lipinski definition) is 6. The lowest BCUT2D eigenvalue weighted by atomic mass is 10.1. The van der Waals surface area contributed by atoms with Gasteiger partial charge in [0, 0.05) is 0 Å². The van der Waals surface area contributed by atoms with Crippen molar-refractivity contribution < 1.29 is 23.8 Å². The molecule has 31 heavy (non-hydrogen) atoms. The fourth-order valence-electron chi connectivity index (χ4n) is 3.31. The molecule has 158 valence electrons. The monoisotopic (exact) mass is 436 g/mol. The van der Waals surface area contributed by atoms with Crippen LogP contribution in [0.2, 0.25) is 0 Å². The number of esters is 1. The smallest absolute Gasteiger partial charge is 0.325 e. The van der Waals surface area contributed by atoms with Crippen LogP contribution in [0.5, 0.6) is 11.5 Å². The van der Waals surface area contributed by atoms with Crippen LogP contribution in [-0.4, -0.2) is 37.8 Å². The Morgan fingerprint density at radius 3 is 2.39 bits per heavy atom. The molecule has 0 fully saturated rings. The number of nitrogens with zero attached hydrogens (tertiary/aromatic N) is 2. The summed E-state index contributed by atoms with van der Waals surface area (Å²) >= 11 is 1.29. The van der Waals surface area contributed by atoms with Crippen molar-refractivity contribution in [1.82, 2.24) is 4.57 Å². The van der Waals surface area contributed by atoms with Crippen LogP contribution in [0.4, 0.5) is 0 Å². The number of carbonyl (C=O) groups is 2. The zero-order valence-electron chi connectivity index (χ0n) is 17.2. The Morgan fingerprint density at radius 2 is 1.71 bits per heavy atom. The van der Waals surface area contributed by atoms with Crippen LogP contribution in [0.3, 0.4) is 0 Å². The molecule has 0 aliphatic rings. The first-order valence-electron chi connectivity index (χ1n) is 9.44. The van der Waals surface area contributed by atoms with Crippen LogP contribution >= 0.6 is 11.3 Å². The van der Waals surface area contributed by atoms with Gasteiger partial charge in [-0.15, -0.1) is 0 Å². The molecule has 0 bridgehead atoms. The van der Waals surface area contributed by atoms with Crippen molar-refractivity contribution in [3.05, 3.63) is 65.0 Å². The van der Waals surface area contributed by atoms with Crippen molar-refractivity contribution in [1.29, 1.82) is 0 Å². The van der Waals surface area contributed by atoms with Crippen LogP contribution < -0.4 is 14.3 Å². The Morgan fingerprint density at radius 1 is 0.968 bits per heavy atom. The predicted octanol–water partition coefficient (Wildman–Crippen LogP) is 3.79. The number of amides is 1. The van der Waals surface area contributed by atoms with Crippen LogP contribution in [0.1, 0.15) is 10.4 Å². The van der Waals surface area contributed by atoms with Gasteiger partial charge in [0.2, 0.25) is 0 Å². The van der Waals surface area contributed by atoms with Gasteiger partial charge in [0.25, 0.3) is 5.91 Å². The van der Waals surface area contributed by atoms with E-state index < -0.39 is 11.9 Å². The molecule has 0 radical (unpaired) electrons. The summed E-state index contributed by atoms with van der Waals surface area (Å²) in [5.74, 6) is 0.218. The largest absolute Gasteiger partial charge is 0.497 e. The minimum Gasteiger partial charge on any atom is -0.497 e. The van der Waals surface area contributed by atoms with Gasteiger partial charge in [0.15, 0.2) is 4.80 Å². The molecular weight excluding hydrogens is 416 g/mol. The highest BCUT2D eigenvalue weighted by molar-refractivity contribution is 7.16. The molecule has 7 nitrogen and oxygen atoms in total.